The van der Waals surface area contributed by atoms with Crippen molar-refractivity contribution in [1.82, 2.24) is 5.43 Å². The third-order valence-corrected chi connectivity index (χ3v) is 5.63. The van der Waals surface area contributed by atoms with Gasteiger partial charge in [-0.1, -0.05) is 12.1 Å². The predicted molar refractivity (Wildman–Crippen MR) is 124 cm³/mol. The minimum absolute atomic E-state index is 0.146. The maximum atomic E-state index is 13.1. The summed E-state index contributed by atoms with van der Waals surface area (Å²) >= 11 is 0. The number of halogens is 1. The SMILES string of the molecule is CCOC(=O)c1ccc(-c2ccc(/C=N\NC(=O)CN(c3ccc(F)cc3)S(C)(=O)=O)o2)cc1. The zero-order valence-electron chi connectivity index (χ0n) is 18.4. The number of anilines is 1. The first-order chi connectivity index (χ1) is 16.2. The Labute approximate surface area is 195 Å². The topological polar surface area (TPSA) is 118 Å². The fraction of sp³-hybridized carbons (Fsp3) is 0.174. The summed E-state index contributed by atoms with van der Waals surface area (Å²) in [6.45, 7) is 1.47. The first kappa shape index (κ1) is 24.6. The molecule has 0 unspecified atom stereocenters. The Kier molecular flexibility index (Phi) is 7.79. The van der Waals surface area contributed by atoms with Crippen molar-refractivity contribution in [2.45, 2.75) is 6.92 Å². The van der Waals surface area contributed by atoms with Crippen molar-refractivity contribution >= 4 is 33.8 Å². The van der Waals surface area contributed by atoms with Gasteiger partial charge in [-0.3, -0.25) is 9.10 Å². The second kappa shape index (κ2) is 10.8. The Bertz CT molecular complexity index is 1280. The molecule has 0 atom stereocenters. The maximum absolute atomic E-state index is 13.1. The van der Waals surface area contributed by atoms with Crippen LogP contribution in [0.25, 0.3) is 11.3 Å². The monoisotopic (exact) mass is 487 g/mol. The highest BCUT2D eigenvalue weighted by Crippen LogP contribution is 2.22. The molecule has 1 N–H and O–H groups in total. The van der Waals surface area contributed by atoms with Gasteiger partial charge in [-0.15, -0.1) is 0 Å². The second-order valence-corrected chi connectivity index (χ2v) is 8.95. The molecule has 0 bridgehead atoms. The molecule has 1 heterocycles. The minimum Gasteiger partial charge on any atom is -0.462 e. The lowest BCUT2D eigenvalue weighted by Crippen LogP contribution is -2.39. The molecule has 1 amide bonds. The number of hydrazone groups is 1. The standard InChI is InChI=1S/C23H22FN3O6S/c1-3-32-23(29)17-6-4-16(5-7-17)21-13-12-20(33-21)14-25-26-22(28)15-27(34(2,30)31)19-10-8-18(24)9-11-19/h4-14H,3,15H2,1-2H3,(H,26,28)/b25-14-. The number of carbonyl (C=O) groups is 2. The smallest absolute Gasteiger partial charge is 0.338 e. The van der Waals surface area contributed by atoms with Crippen molar-refractivity contribution in [3.8, 4) is 11.3 Å². The molecular weight excluding hydrogens is 465 g/mol. The number of rotatable bonds is 9. The summed E-state index contributed by atoms with van der Waals surface area (Å²) in [6, 6.07) is 14.7. The van der Waals surface area contributed by atoms with E-state index in [-0.39, 0.29) is 12.3 Å². The van der Waals surface area contributed by atoms with Gasteiger partial charge in [0.1, 0.15) is 23.9 Å². The molecule has 0 saturated heterocycles. The van der Waals surface area contributed by atoms with Gasteiger partial charge in [0.2, 0.25) is 10.0 Å². The van der Waals surface area contributed by atoms with Crippen LogP contribution in [0.3, 0.4) is 0 Å². The Hall–Kier alpha value is -3.99. The number of ether oxygens (including phenoxy) is 1. The van der Waals surface area contributed by atoms with E-state index in [0.29, 0.717) is 17.1 Å². The number of furan rings is 1. The van der Waals surface area contributed by atoms with Crippen LogP contribution in [0.4, 0.5) is 10.1 Å². The predicted octanol–water partition coefficient (Wildman–Crippen LogP) is 3.18. The summed E-state index contributed by atoms with van der Waals surface area (Å²) < 4.78 is 48.7. The van der Waals surface area contributed by atoms with E-state index in [9.17, 15) is 22.4 Å². The number of benzene rings is 2. The van der Waals surface area contributed by atoms with Gasteiger partial charge >= 0.3 is 5.97 Å². The van der Waals surface area contributed by atoms with Crippen LogP contribution in [-0.4, -0.2) is 45.9 Å². The number of carbonyl (C=O) groups excluding carboxylic acids is 2. The van der Waals surface area contributed by atoms with Gasteiger partial charge in [-0.25, -0.2) is 23.0 Å². The number of sulfonamides is 1. The van der Waals surface area contributed by atoms with Crippen molar-refractivity contribution < 1.29 is 31.6 Å². The second-order valence-electron chi connectivity index (χ2n) is 7.04. The molecule has 0 saturated carbocycles. The zero-order chi connectivity index (χ0) is 24.7. The summed E-state index contributed by atoms with van der Waals surface area (Å²) in [4.78, 5) is 24.0. The third kappa shape index (κ3) is 6.51. The molecule has 2 aromatic carbocycles. The molecule has 3 aromatic rings. The molecule has 0 fully saturated rings. The Morgan fingerprint density at radius 3 is 2.38 bits per heavy atom. The van der Waals surface area contributed by atoms with Gasteiger partial charge < -0.3 is 9.15 Å². The molecule has 11 heteroatoms. The summed E-state index contributed by atoms with van der Waals surface area (Å²) in [5.41, 5.74) is 3.52. The van der Waals surface area contributed by atoms with Gasteiger partial charge in [0.15, 0.2) is 0 Å². The van der Waals surface area contributed by atoms with E-state index in [1.165, 1.54) is 18.3 Å². The first-order valence-electron chi connectivity index (χ1n) is 10.1. The average molecular weight is 488 g/mol. The molecule has 0 aliphatic rings. The third-order valence-electron chi connectivity index (χ3n) is 4.49. The van der Waals surface area contributed by atoms with Gasteiger partial charge in [0.25, 0.3) is 5.91 Å². The van der Waals surface area contributed by atoms with Crippen LogP contribution in [-0.2, 0) is 19.6 Å². The van der Waals surface area contributed by atoms with Crippen molar-refractivity contribution in [2.75, 3.05) is 23.7 Å². The number of amides is 1. The highest BCUT2D eigenvalue weighted by molar-refractivity contribution is 7.92. The van der Waals surface area contributed by atoms with E-state index >= 15 is 0 Å². The molecule has 178 valence electrons. The molecular formula is C23H22FN3O6S. The molecule has 0 aliphatic heterocycles. The molecule has 0 radical (unpaired) electrons. The first-order valence-corrected chi connectivity index (χ1v) is 11.9. The quantitative estimate of drug-likeness (QED) is 0.281. The minimum atomic E-state index is -3.79. The fourth-order valence-corrected chi connectivity index (χ4v) is 3.76. The van der Waals surface area contributed by atoms with Crippen LogP contribution in [0.1, 0.15) is 23.0 Å². The fourth-order valence-electron chi connectivity index (χ4n) is 2.90. The van der Waals surface area contributed by atoms with Crippen LogP contribution in [0.2, 0.25) is 0 Å². The number of nitrogens with zero attached hydrogens (tertiary/aromatic N) is 2. The molecule has 1 aromatic heterocycles. The maximum Gasteiger partial charge on any atom is 0.338 e. The van der Waals surface area contributed by atoms with Crippen LogP contribution < -0.4 is 9.73 Å². The Morgan fingerprint density at radius 1 is 1.09 bits per heavy atom. The Balaban J connectivity index is 1.61. The molecule has 9 nitrogen and oxygen atoms in total. The molecule has 0 spiro atoms. The van der Waals surface area contributed by atoms with Gasteiger partial charge in [-0.05, 0) is 55.5 Å². The Morgan fingerprint density at radius 2 is 1.76 bits per heavy atom. The van der Waals surface area contributed by atoms with Crippen molar-refractivity contribution in [2.24, 2.45) is 5.10 Å². The van der Waals surface area contributed by atoms with E-state index in [0.717, 1.165) is 28.3 Å². The highest BCUT2D eigenvalue weighted by atomic mass is 32.2. The van der Waals surface area contributed by atoms with E-state index in [1.54, 1.807) is 43.3 Å². The molecule has 34 heavy (non-hydrogen) atoms. The summed E-state index contributed by atoms with van der Waals surface area (Å²) in [6.07, 6.45) is 2.20. The summed E-state index contributed by atoms with van der Waals surface area (Å²) in [7, 11) is -3.79. The summed E-state index contributed by atoms with van der Waals surface area (Å²) in [5.74, 6) is -0.789. The molecule has 0 aliphatic carbocycles. The van der Waals surface area contributed by atoms with Crippen molar-refractivity contribution in [1.29, 1.82) is 0 Å². The number of nitrogens with one attached hydrogen (secondary N) is 1. The normalized spacial score (nSPS) is 11.4. The van der Waals surface area contributed by atoms with E-state index in [2.05, 4.69) is 10.5 Å². The lowest BCUT2D eigenvalue weighted by molar-refractivity contribution is -0.119. The largest absolute Gasteiger partial charge is 0.462 e. The lowest BCUT2D eigenvalue weighted by atomic mass is 10.1. The van der Waals surface area contributed by atoms with Gasteiger partial charge in [-0.2, -0.15) is 5.10 Å². The van der Waals surface area contributed by atoms with E-state index < -0.39 is 34.3 Å². The number of esters is 1. The number of hydrogen-bond donors (Lipinski definition) is 1. The average Bonchev–Trinajstić information content (AvgIpc) is 3.27. The number of hydrogen-bond acceptors (Lipinski definition) is 7. The van der Waals surface area contributed by atoms with Crippen molar-refractivity contribution in [3.05, 3.63) is 77.8 Å². The molecule has 3 rings (SSSR count). The summed E-state index contributed by atoms with van der Waals surface area (Å²) in [5, 5.41) is 3.79. The van der Waals surface area contributed by atoms with Gasteiger partial charge in [0.05, 0.1) is 30.3 Å². The lowest BCUT2D eigenvalue weighted by Gasteiger charge is -2.21. The van der Waals surface area contributed by atoms with Crippen molar-refractivity contribution in [3.63, 3.8) is 0 Å². The van der Waals surface area contributed by atoms with Crippen LogP contribution in [0.15, 0.2) is 70.2 Å². The zero-order valence-corrected chi connectivity index (χ0v) is 19.2. The highest BCUT2D eigenvalue weighted by Gasteiger charge is 2.20. The van der Waals surface area contributed by atoms with E-state index in [4.69, 9.17) is 9.15 Å². The van der Waals surface area contributed by atoms with E-state index in [1.807, 2.05) is 0 Å². The van der Waals surface area contributed by atoms with Crippen LogP contribution in [0.5, 0.6) is 0 Å². The van der Waals surface area contributed by atoms with Gasteiger partial charge in [0, 0.05) is 5.56 Å². The van der Waals surface area contributed by atoms with Crippen LogP contribution >= 0.6 is 0 Å². The van der Waals surface area contributed by atoms with Crippen LogP contribution in [0, 0.1) is 5.82 Å².